The van der Waals surface area contributed by atoms with Crippen molar-refractivity contribution in [3.8, 4) is 0 Å². The molecule has 1 fully saturated rings. The average Bonchev–Trinajstić information content (AvgIpc) is 2.42. The van der Waals surface area contributed by atoms with Gasteiger partial charge in [-0.1, -0.05) is 0 Å². The number of ether oxygens (including phenoxy) is 1. The van der Waals surface area contributed by atoms with Crippen molar-refractivity contribution in [2.45, 2.75) is 12.8 Å². The molecule has 5 heteroatoms. The second-order valence-corrected chi connectivity index (χ2v) is 5.30. The Kier molecular flexibility index (Phi) is 5.20. The highest BCUT2D eigenvalue weighted by Crippen LogP contribution is 2.16. The largest absolute Gasteiger partial charge is 0.381 e. The van der Waals surface area contributed by atoms with Crippen LogP contribution in [0.3, 0.4) is 0 Å². The summed E-state index contributed by atoms with van der Waals surface area (Å²) >= 11 is 0. The maximum atomic E-state index is 13.5. The molecule has 1 saturated heterocycles. The van der Waals surface area contributed by atoms with E-state index in [1.807, 2.05) is 11.9 Å². The van der Waals surface area contributed by atoms with Crippen molar-refractivity contribution >= 4 is 5.78 Å². The highest BCUT2D eigenvalue weighted by molar-refractivity contribution is 5.97. The number of Topliss-reactive ketones (excluding diaryl/α,β-unsaturated/α-hetero) is 1. The number of ketones is 1. The lowest BCUT2D eigenvalue weighted by Gasteiger charge is -2.26. The lowest BCUT2D eigenvalue weighted by molar-refractivity contribution is 0.0549. The van der Waals surface area contributed by atoms with Crippen molar-refractivity contribution in [2.75, 3.05) is 33.4 Å². The van der Waals surface area contributed by atoms with Crippen LogP contribution in [0.2, 0.25) is 0 Å². The highest BCUT2D eigenvalue weighted by atomic mass is 19.1. The normalized spacial score (nSPS) is 16.6. The molecule has 110 valence electrons. The van der Waals surface area contributed by atoms with E-state index in [2.05, 4.69) is 0 Å². The van der Waals surface area contributed by atoms with Crippen LogP contribution in [-0.2, 0) is 4.74 Å². The molecule has 0 aliphatic carbocycles. The van der Waals surface area contributed by atoms with E-state index in [-0.39, 0.29) is 12.1 Å². The summed E-state index contributed by atoms with van der Waals surface area (Å²) in [7, 11) is 1.82. The topological polar surface area (TPSA) is 29.5 Å². The fourth-order valence-electron chi connectivity index (χ4n) is 2.48. The summed E-state index contributed by atoms with van der Waals surface area (Å²) in [4.78, 5) is 13.9. The van der Waals surface area contributed by atoms with Crippen molar-refractivity contribution in [3.63, 3.8) is 0 Å². The maximum Gasteiger partial charge on any atom is 0.179 e. The van der Waals surface area contributed by atoms with Crippen LogP contribution in [0.4, 0.5) is 8.78 Å². The average molecular weight is 283 g/mol. The molecule has 1 aromatic rings. The second-order valence-electron chi connectivity index (χ2n) is 5.30. The Morgan fingerprint density at radius 3 is 2.75 bits per heavy atom. The Bertz CT molecular complexity index is 473. The lowest BCUT2D eigenvalue weighted by Crippen LogP contribution is -2.33. The molecule has 1 heterocycles. The number of nitrogens with zero attached hydrogens (tertiary/aromatic N) is 1. The first-order valence-corrected chi connectivity index (χ1v) is 6.81. The van der Waals surface area contributed by atoms with Crippen LogP contribution in [0.15, 0.2) is 18.2 Å². The van der Waals surface area contributed by atoms with Crippen molar-refractivity contribution < 1.29 is 18.3 Å². The van der Waals surface area contributed by atoms with Crippen molar-refractivity contribution in [1.29, 1.82) is 0 Å². The minimum atomic E-state index is -0.670. The molecule has 0 atom stereocenters. The van der Waals surface area contributed by atoms with Gasteiger partial charge in [-0.25, -0.2) is 8.78 Å². The van der Waals surface area contributed by atoms with Crippen LogP contribution >= 0.6 is 0 Å². The summed E-state index contributed by atoms with van der Waals surface area (Å²) < 4.78 is 31.9. The summed E-state index contributed by atoms with van der Waals surface area (Å²) in [6.07, 6.45) is 1.96. The van der Waals surface area contributed by atoms with Gasteiger partial charge in [0.15, 0.2) is 5.78 Å². The Morgan fingerprint density at radius 1 is 1.35 bits per heavy atom. The first kappa shape index (κ1) is 15.1. The highest BCUT2D eigenvalue weighted by Gasteiger charge is 2.19. The first-order chi connectivity index (χ1) is 9.56. The number of benzene rings is 1. The molecular weight excluding hydrogens is 264 g/mol. The predicted octanol–water partition coefficient (Wildman–Crippen LogP) is 2.51. The summed E-state index contributed by atoms with van der Waals surface area (Å²) in [5, 5.41) is 0. The molecule has 1 aromatic carbocycles. The SMILES string of the molecule is CN(CC(=O)c1cc(F)ccc1F)CC1CCOCC1. The molecule has 20 heavy (non-hydrogen) atoms. The molecule has 0 unspecified atom stereocenters. The maximum absolute atomic E-state index is 13.5. The van der Waals surface area contributed by atoms with Gasteiger partial charge in [0, 0.05) is 19.8 Å². The molecule has 3 nitrogen and oxygen atoms in total. The zero-order valence-electron chi connectivity index (χ0n) is 11.6. The molecule has 1 aliphatic rings. The zero-order valence-corrected chi connectivity index (χ0v) is 11.6. The number of hydrogen-bond acceptors (Lipinski definition) is 3. The van der Waals surface area contributed by atoms with Gasteiger partial charge in [-0.3, -0.25) is 9.69 Å². The smallest absolute Gasteiger partial charge is 0.179 e. The van der Waals surface area contributed by atoms with Crippen molar-refractivity contribution in [2.24, 2.45) is 5.92 Å². The number of carbonyl (C=O) groups excluding carboxylic acids is 1. The number of likely N-dealkylation sites (N-methyl/N-ethyl adjacent to an activating group) is 1. The third-order valence-electron chi connectivity index (χ3n) is 3.55. The number of halogens is 2. The summed E-state index contributed by atoms with van der Waals surface area (Å²) in [6.45, 7) is 2.37. The molecule has 0 N–H and O–H groups in total. The molecule has 0 saturated carbocycles. The Morgan fingerprint density at radius 2 is 2.05 bits per heavy atom. The minimum Gasteiger partial charge on any atom is -0.381 e. The fourth-order valence-corrected chi connectivity index (χ4v) is 2.48. The van der Waals surface area contributed by atoms with E-state index in [0.29, 0.717) is 5.92 Å². The van der Waals surface area contributed by atoms with E-state index < -0.39 is 17.4 Å². The number of rotatable bonds is 5. The third-order valence-corrected chi connectivity index (χ3v) is 3.55. The van der Waals surface area contributed by atoms with E-state index >= 15 is 0 Å². The van der Waals surface area contributed by atoms with Gasteiger partial charge in [-0.05, 0) is 44.0 Å². The Labute approximate surface area is 117 Å². The molecule has 0 radical (unpaired) electrons. The predicted molar refractivity (Wildman–Crippen MR) is 71.7 cm³/mol. The summed E-state index contributed by atoms with van der Waals surface area (Å²) in [5.74, 6) is -1.16. The molecule has 0 bridgehead atoms. The fraction of sp³-hybridized carbons (Fsp3) is 0.533. The molecular formula is C15H19F2NO2. The lowest BCUT2D eigenvalue weighted by atomic mass is 9.99. The molecule has 1 aliphatic heterocycles. The molecule has 0 amide bonds. The molecule has 0 spiro atoms. The Hall–Kier alpha value is -1.33. The molecule has 2 rings (SSSR count). The van der Waals surface area contributed by atoms with E-state index in [4.69, 9.17) is 4.74 Å². The van der Waals surface area contributed by atoms with Crippen LogP contribution in [0.5, 0.6) is 0 Å². The van der Waals surface area contributed by atoms with E-state index in [1.165, 1.54) is 0 Å². The quantitative estimate of drug-likeness (QED) is 0.778. The van der Waals surface area contributed by atoms with Gasteiger partial charge in [0.1, 0.15) is 11.6 Å². The zero-order chi connectivity index (χ0) is 14.5. The van der Waals surface area contributed by atoms with Crippen molar-refractivity contribution in [1.82, 2.24) is 4.90 Å². The summed E-state index contributed by atoms with van der Waals surface area (Å²) in [6, 6.07) is 2.96. The van der Waals surface area contributed by atoms with Crippen LogP contribution in [0.1, 0.15) is 23.2 Å². The monoisotopic (exact) mass is 283 g/mol. The Balaban J connectivity index is 1.91. The van der Waals surface area contributed by atoms with Crippen LogP contribution in [0, 0.1) is 17.6 Å². The van der Waals surface area contributed by atoms with Gasteiger partial charge < -0.3 is 4.74 Å². The summed E-state index contributed by atoms with van der Waals surface area (Å²) in [5.41, 5.74) is -0.177. The van der Waals surface area contributed by atoms with Gasteiger partial charge >= 0.3 is 0 Å². The standard InChI is InChI=1S/C15H19F2NO2/c1-18(9-11-4-6-20-7-5-11)10-15(19)13-8-12(16)2-3-14(13)17/h2-3,8,11H,4-7,9-10H2,1H3. The van der Waals surface area contributed by atoms with E-state index in [0.717, 1.165) is 50.8 Å². The molecule has 0 aromatic heterocycles. The van der Waals surface area contributed by atoms with Crippen LogP contribution < -0.4 is 0 Å². The minimum absolute atomic E-state index is 0.0950. The van der Waals surface area contributed by atoms with Gasteiger partial charge in [0.2, 0.25) is 0 Å². The van der Waals surface area contributed by atoms with Gasteiger partial charge in [-0.2, -0.15) is 0 Å². The third kappa shape index (κ3) is 4.08. The van der Waals surface area contributed by atoms with Crippen molar-refractivity contribution in [3.05, 3.63) is 35.4 Å². The van der Waals surface area contributed by atoms with Gasteiger partial charge in [0.25, 0.3) is 0 Å². The van der Waals surface area contributed by atoms with E-state index in [9.17, 15) is 13.6 Å². The van der Waals surface area contributed by atoms with E-state index in [1.54, 1.807) is 0 Å². The van der Waals surface area contributed by atoms with Gasteiger partial charge in [0.05, 0.1) is 12.1 Å². The number of hydrogen-bond donors (Lipinski definition) is 0. The first-order valence-electron chi connectivity index (χ1n) is 6.81. The van der Waals surface area contributed by atoms with Crippen LogP contribution in [0.25, 0.3) is 0 Å². The van der Waals surface area contributed by atoms with Gasteiger partial charge in [-0.15, -0.1) is 0 Å². The number of carbonyl (C=O) groups is 1. The second kappa shape index (κ2) is 6.90. The van der Waals surface area contributed by atoms with Crippen LogP contribution in [-0.4, -0.2) is 44.0 Å².